The fourth-order valence-corrected chi connectivity index (χ4v) is 4.20. The van der Waals surface area contributed by atoms with Crippen LogP contribution >= 0.6 is 0 Å². The minimum atomic E-state index is -2.74. The molecular weight excluding hydrogens is 404 g/mol. The number of benzene rings is 2. The van der Waals surface area contributed by atoms with Gasteiger partial charge in [-0.15, -0.1) is 0 Å². The smallest absolute Gasteiger partial charge is 0.297 e. The molecule has 8 heteroatoms. The summed E-state index contributed by atoms with van der Waals surface area (Å²) in [5, 5.41) is 0.739. The Balaban J connectivity index is 1.34. The predicted octanol–water partition coefficient (Wildman–Crippen LogP) is 4.44. The van der Waals surface area contributed by atoms with Crippen LogP contribution in [0.5, 0.6) is 11.5 Å². The molecule has 3 heterocycles. The third-order valence-electron chi connectivity index (χ3n) is 5.79. The first-order valence-electron chi connectivity index (χ1n) is 10.3. The van der Waals surface area contributed by atoms with Crippen LogP contribution in [0.2, 0.25) is 0 Å². The van der Waals surface area contributed by atoms with Crippen LogP contribution in [0.25, 0.3) is 10.9 Å². The highest BCUT2D eigenvalue weighted by Crippen LogP contribution is 2.34. The zero-order chi connectivity index (χ0) is 21.4. The van der Waals surface area contributed by atoms with Crippen molar-refractivity contribution < 1.29 is 23.0 Å². The monoisotopic (exact) mass is 425 g/mol. The fourth-order valence-electron chi connectivity index (χ4n) is 4.20. The summed E-state index contributed by atoms with van der Waals surface area (Å²) in [6, 6.07) is 12.5. The van der Waals surface area contributed by atoms with Crippen molar-refractivity contribution in [3.05, 3.63) is 53.9 Å². The number of ketones is 1. The second-order valence-corrected chi connectivity index (χ2v) is 7.71. The first-order valence-corrected chi connectivity index (χ1v) is 10.3. The molecule has 0 N–H and O–H groups in total. The molecule has 160 valence electrons. The summed E-state index contributed by atoms with van der Waals surface area (Å²) in [6.07, 6.45) is -1.50. The average Bonchev–Trinajstić information content (AvgIpc) is 2.82. The van der Waals surface area contributed by atoms with E-state index in [0.717, 1.165) is 5.39 Å². The van der Waals surface area contributed by atoms with E-state index < -0.39 is 12.2 Å². The number of carbonyl (C=O) groups is 1. The summed E-state index contributed by atoms with van der Waals surface area (Å²) in [5.74, 6) is 1.22. The molecule has 0 atom stereocenters. The van der Waals surface area contributed by atoms with Crippen LogP contribution in [0.3, 0.4) is 0 Å². The van der Waals surface area contributed by atoms with E-state index in [9.17, 15) is 13.6 Å². The molecule has 1 fully saturated rings. The van der Waals surface area contributed by atoms with Crippen LogP contribution in [-0.4, -0.2) is 42.1 Å². The van der Waals surface area contributed by atoms with E-state index in [1.807, 2.05) is 17.0 Å². The molecule has 2 aliphatic heterocycles. The van der Waals surface area contributed by atoms with Crippen LogP contribution in [0.15, 0.2) is 42.5 Å². The summed E-state index contributed by atoms with van der Waals surface area (Å²) in [7, 11) is 0. The van der Waals surface area contributed by atoms with Crippen molar-refractivity contribution in [2.24, 2.45) is 5.92 Å². The van der Waals surface area contributed by atoms with Gasteiger partial charge in [-0.05, 0) is 43.2 Å². The van der Waals surface area contributed by atoms with E-state index in [1.165, 1.54) is 0 Å². The molecule has 0 amide bonds. The van der Waals surface area contributed by atoms with Crippen molar-refractivity contribution in [3.63, 3.8) is 0 Å². The number of ether oxygens (including phenoxy) is 2. The number of piperidine rings is 1. The molecule has 1 saturated heterocycles. The molecule has 0 saturated carbocycles. The summed E-state index contributed by atoms with van der Waals surface area (Å²) < 4.78 is 37.7. The Labute approximate surface area is 177 Å². The van der Waals surface area contributed by atoms with Gasteiger partial charge in [0.15, 0.2) is 23.1 Å². The third kappa shape index (κ3) is 3.78. The highest BCUT2D eigenvalue weighted by atomic mass is 19.3. The number of aromatic nitrogens is 2. The van der Waals surface area contributed by atoms with E-state index in [4.69, 9.17) is 9.47 Å². The van der Waals surface area contributed by atoms with Crippen LogP contribution in [0.1, 0.15) is 35.4 Å². The normalized spacial score (nSPS) is 16.7. The number of fused-ring (bicyclic) bond motifs is 2. The number of hydrogen-bond acceptors (Lipinski definition) is 6. The lowest BCUT2D eigenvalue weighted by Gasteiger charge is -2.33. The van der Waals surface area contributed by atoms with E-state index in [2.05, 4.69) is 9.97 Å². The largest absolute Gasteiger partial charge is 0.486 e. The Morgan fingerprint density at radius 1 is 1.00 bits per heavy atom. The van der Waals surface area contributed by atoms with E-state index >= 15 is 0 Å². The first-order chi connectivity index (χ1) is 15.1. The second-order valence-electron chi connectivity index (χ2n) is 7.71. The summed E-state index contributed by atoms with van der Waals surface area (Å²) in [5.41, 5.74) is 1.10. The van der Waals surface area contributed by atoms with Crippen LogP contribution in [0, 0.1) is 5.92 Å². The minimum Gasteiger partial charge on any atom is -0.486 e. The SMILES string of the molecule is O=C(c1ccc2c(c1)OCCO2)C1CCN(c2nc(C(F)F)nc3ccccc23)CC1. The lowest BCUT2D eigenvalue weighted by Crippen LogP contribution is -2.37. The van der Waals surface area contributed by atoms with E-state index in [0.29, 0.717) is 67.5 Å². The quantitative estimate of drug-likeness (QED) is 0.576. The molecule has 5 rings (SSSR count). The predicted molar refractivity (Wildman–Crippen MR) is 111 cm³/mol. The Kier molecular flexibility index (Phi) is 5.13. The second kappa shape index (κ2) is 8.09. The molecule has 2 aliphatic rings. The maximum Gasteiger partial charge on any atom is 0.297 e. The Bertz CT molecular complexity index is 1130. The lowest BCUT2D eigenvalue weighted by atomic mass is 9.88. The van der Waals surface area contributed by atoms with Gasteiger partial charge in [-0.2, -0.15) is 0 Å². The van der Waals surface area contributed by atoms with Gasteiger partial charge in [0, 0.05) is 30.0 Å². The van der Waals surface area contributed by atoms with E-state index in [-0.39, 0.29) is 11.7 Å². The maximum absolute atomic E-state index is 13.3. The third-order valence-corrected chi connectivity index (χ3v) is 5.79. The number of para-hydroxylation sites is 1. The molecule has 0 spiro atoms. The van der Waals surface area contributed by atoms with Crippen LogP contribution in [0.4, 0.5) is 14.6 Å². The molecule has 31 heavy (non-hydrogen) atoms. The van der Waals surface area contributed by atoms with Gasteiger partial charge in [0.25, 0.3) is 6.43 Å². The Morgan fingerprint density at radius 2 is 1.74 bits per heavy atom. The van der Waals surface area contributed by atoms with Gasteiger partial charge in [0.1, 0.15) is 19.0 Å². The van der Waals surface area contributed by atoms with Gasteiger partial charge in [-0.3, -0.25) is 4.79 Å². The Morgan fingerprint density at radius 3 is 2.52 bits per heavy atom. The number of Topliss-reactive ketones (excluding diaryl/α,β-unsaturated/α-hetero) is 1. The molecule has 0 aliphatic carbocycles. The van der Waals surface area contributed by atoms with Crippen molar-refractivity contribution in [2.75, 3.05) is 31.2 Å². The van der Waals surface area contributed by atoms with Crippen molar-refractivity contribution in [1.29, 1.82) is 0 Å². The van der Waals surface area contributed by atoms with Gasteiger partial charge in [0.05, 0.1) is 5.52 Å². The summed E-state index contributed by atoms with van der Waals surface area (Å²) in [4.78, 5) is 23.2. The number of halogens is 2. The molecule has 0 bridgehead atoms. The van der Waals surface area contributed by atoms with E-state index in [1.54, 1.807) is 30.3 Å². The molecule has 0 unspecified atom stereocenters. The zero-order valence-electron chi connectivity index (χ0n) is 16.8. The van der Waals surface area contributed by atoms with Crippen LogP contribution in [-0.2, 0) is 0 Å². The maximum atomic E-state index is 13.3. The van der Waals surface area contributed by atoms with Crippen molar-refractivity contribution in [3.8, 4) is 11.5 Å². The summed E-state index contributed by atoms with van der Waals surface area (Å²) >= 11 is 0. The minimum absolute atomic E-state index is 0.0671. The van der Waals surface area contributed by atoms with Crippen molar-refractivity contribution >= 4 is 22.5 Å². The highest BCUT2D eigenvalue weighted by Gasteiger charge is 2.29. The molecule has 2 aromatic carbocycles. The first kappa shape index (κ1) is 19.7. The van der Waals surface area contributed by atoms with Gasteiger partial charge < -0.3 is 14.4 Å². The zero-order valence-corrected chi connectivity index (χ0v) is 16.8. The molecule has 3 aromatic rings. The number of alkyl halides is 2. The summed E-state index contributed by atoms with van der Waals surface area (Å²) in [6.45, 7) is 2.09. The molecule has 6 nitrogen and oxygen atoms in total. The molecular formula is C23H21F2N3O3. The van der Waals surface area contributed by atoms with Gasteiger partial charge in [-0.1, -0.05) is 12.1 Å². The lowest BCUT2D eigenvalue weighted by molar-refractivity contribution is 0.0899. The Hall–Kier alpha value is -3.29. The average molecular weight is 425 g/mol. The number of rotatable bonds is 4. The fraction of sp³-hybridized carbons (Fsp3) is 0.348. The van der Waals surface area contributed by atoms with Gasteiger partial charge >= 0.3 is 0 Å². The van der Waals surface area contributed by atoms with Gasteiger partial charge in [-0.25, -0.2) is 18.7 Å². The number of hydrogen-bond donors (Lipinski definition) is 0. The standard InChI is InChI=1S/C23H21F2N3O3/c24-21(25)22-26-17-4-2-1-3-16(17)23(27-22)28-9-7-14(8-10-28)20(29)15-5-6-18-19(13-15)31-12-11-30-18/h1-6,13-14,21H,7-12H2. The van der Waals surface area contributed by atoms with Crippen molar-refractivity contribution in [1.82, 2.24) is 9.97 Å². The highest BCUT2D eigenvalue weighted by molar-refractivity contribution is 5.98. The van der Waals surface area contributed by atoms with Gasteiger partial charge in [0.2, 0.25) is 0 Å². The topological polar surface area (TPSA) is 64.6 Å². The number of anilines is 1. The number of nitrogens with zero attached hydrogens (tertiary/aromatic N) is 3. The molecule has 1 aromatic heterocycles. The van der Waals surface area contributed by atoms with Crippen LogP contribution < -0.4 is 14.4 Å². The number of carbonyl (C=O) groups excluding carboxylic acids is 1. The van der Waals surface area contributed by atoms with Crippen molar-refractivity contribution in [2.45, 2.75) is 19.3 Å². The molecule has 0 radical (unpaired) electrons.